The number of benzene rings is 1. The number of nitrogens with zero attached hydrogens (tertiary/aromatic N) is 2. The van der Waals surface area contributed by atoms with E-state index in [9.17, 15) is 4.79 Å². The smallest absolute Gasteiger partial charge is 0.246 e. The molecule has 7 heteroatoms. The lowest BCUT2D eigenvalue weighted by Crippen LogP contribution is -2.55. The van der Waals surface area contributed by atoms with Gasteiger partial charge in [0, 0.05) is 18.3 Å². The van der Waals surface area contributed by atoms with E-state index in [0.717, 1.165) is 5.56 Å². The van der Waals surface area contributed by atoms with Gasteiger partial charge in [-0.3, -0.25) is 4.79 Å². The number of ether oxygens (including phenoxy) is 3. The van der Waals surface area contributed by atoms with Gasteiger partial charge in [-0.1, -0.05) is 17.7 Å². The second-order valence-corrected chi connectivity index (χ2v) is 6.18. The molecule has 136 valence electrons. The van der Waals surface area contributed by atoms with Crippen LogP contribution in [0.1, 0.15) is 5.56 Å². The van der Waals surface area contributed by atoms with Gasteiger partial charge in [0.25, 0.3) is 0 Å². The van der Waals surface area contributed by atoms with Crippen LogP contribution in [0, 0.1) is 0 Å². The molecule has 1 fully saturated rings. The Bertz CT molecular complexity index is 802. The minimum atomic E-state index is -0.0660. The van der Waals surface area contributed by atoms with Gasteiger partial charge in [-0.05, 0) is 29.8 Å². The van der Waals surface area contributed by atoms with Gasteiger partial charge < -0.3 is 19.1 Å². The molecule has 1 aromatic carbocycles. The lowest BCUT2D eigenvalue weighted by atomic mass is 10.1. The first-order valence-corrected chi connectivity index (χ1v) is 8.44. The molecule has 26 heavy (non-hydrogen) atoms. The van der Waals surface area contributed by atoms with Gasteiger partial charge >= 0.3 is 0 Å². The average molecular weight is 375 g/mol. The van der Waals surface area contributed by atoms with Crippen LogP contribution >= 0.6 is 11.6 Å². The fraction of sp³-hybridized carbons (Fsp3) is 0.263. The SMILES string of the molecule is COc1ccc(/C=C/C(=O)N2CC(Oc3ccc(Cl)cn3)C2)cc1OC. The van der Waals surface area contributed by atoms with Crippen molar-refractivity contribution >= 4 is 23.6 Å². The van der Waals surface area contributed by atoms with E-state index in [1.807, 2.05) is 12.1 Å². The van der Waals surface area contributed by atoms with Crippen LogP contribution in [0.5, 0.6) is 17.4 Å². The molecule has 1 aromatic heterocycles. The van der Waals surface area contributed by atoms with Crippen LogP contribution in [-0.2, 0) is 4.79 Å². The predicted molar refractivity (Wildman–Crippen MR) is 98.8 cm³/mol. The molecule has 0 atom stereocenters. The third-order valence-electron chi connectivity index (χ3n) is 3.97. The van der Waals surface area contributed by atoms with Crippen LogP contribution in [0.15, 0.2) is 42.6 Å². The number of carbonyl (C=O) groups excluding carboxylic acids is 1. The van der Waals surface area contributed by atoms with Crippen molar-refractivity contribution in [2.45, 2.75) is 6.10 Å². The maximum Gasteiger partial charge on any atom is 0.246 e. The van der Waals surface area contributed by atoms with Crippen molar-refractivity contribution < 1.29 is 19.0 Å². The molecular formula is C19H19ClN2O4. The highest BCUT2D eigenvalue weighted by Crippen LogP contribution is 2.28. The fourth-order valence-electron chi connectivity index (χ4n) is 2.52. The van der Waals surface area contributed by atoms with Gasteiger partial charge in [0.05, 0.1) is 32.3 Å². The molecule has 3 rings (SSSR count). The highest BCUT2D eigenvalue weighted by atomic mass is 35.5. The molecule has 0 radical (unpaired) electrons. The summed E-state index contributed by atoms with van der Waals surface area (Å²) in [6.07, 6.45) is 4.77. The number of pyridine rings is 1. The molecule has 1 saturated heterocycles. The molecule has 0 bridgehead atoms. The maximum atomic E-state index is 12.2. The highest BCUT2D eigenvalue weighted by molar-refractivity contribution is 6.30. The third-order valence-corrected chi connectivity index (χ3v) is 4.20. The van der Waals surface area contributed by atoms with Crippen LogP contribution in [0.3, 0.4) is 0 Å². The summed E-state index contributed by atoms with van der Waals surface area (Å²) in [5, 5.41) is 0.558. The molecule has 0 spiro atoms. The van der Waals surface area contributed by atoms with E-state index < -0.39 is 0 Å². The summed E-state index contributed by atoms with van der Waals surface area (Å²) in [6, 6.07) is 8.91. The van der Waals surface area contributed by atoms with Crippen LogP contribution in [0.4, 0.5) is 0 Å². The molecule has 1 aliphatic rings. The lowest BCUT2D eigenvalue weighted by Gasteiger charge is -2.38. The van der Waals surface area contributed by atoms with E-state index in [1.165, 1.54) is 12.3 Å². The molecule has 0 N–H and O–H groups in total. The number of hydrogen-bond acceptors (Lipinski definition) is 5. The van der Waals surface area contributed by atoms with Crippen molar-refractivity contribution in [2.24, 2.45) is 0 Å². The lowest BCUT2D eigenvalue weighted by molar-refractivity contribution is -0.134. The van der Waals surface area contributed by atoms with E-state index >= 15 is 0 Å². The van der Waals surface area contributed by atoms with Gasteiger partial charge in [0.1, 0.15) is 6.10 Å². The summed E-state index contributed by atoms with van der Waals surface area (Å²) in [6.45, 7) is 1.05. The summed E-state index contributed by atoms with van der Waals surface area (Å²) < 4.78 is 16.1. The van der Waals surface area contributed by atoms with E-state index in [2.05, 4.69) is 4.98 Å². The molecule has 0 unspecified atom stereocenters. The Morgan fingerprint density at radius 3 is 2.62 bits per heavy atom. The van der Waals surface area contributed by atoms with Crippen molar-refractivity contribution in [1.82, 2.24) is 9.88 Å². The Kier molecular flexibility index (Phi) is 5.63. The number of halogens is 1. The molecule has 0 saturated carbocycles. The molecule has 6 nitrogen and oxygen atoms in total. The Morgan fingerprint density at radius 2 is 1.96 bits per heavy atom. The number of methoxy groups -OCH3 is 2. The first-order chi connectivity index (χ1) is 12.6. The van der Waals surface area contributed by atoms with Crippen LogP contribution in [0.2, 0.25) is 5.02 Å². The number of amides is 1. The average Bonchev–Trinajstić information content (AvgIpc) is 2.63. The number of hydrogen-bond donors (Lipinski definition) is 0. The normalized spacial score (nSPS) is 14.2. The summed E-state index contributed by atoms with van der Waals surface area (Å²) in [7, 11) is 3.16. The topological polar surface area (TPSA) is 60.9 Å². The first-order valence-electron chi connectivity index (χ1n) is 8.06. The molecule has 1 aliphatic heterocycles. The Labute approximate surface area is 156 Å². The van der Waals surface area contributed by atoms with Crippen LogP contribution in [0.25, 0.3) is 6.08 Å². The largest absolute Gasteiger partial charge is 0.493 e. The summed E-state index contributed by atoms with van der Waals surface area (Å²) in [5.41, 5.74) is 0.856. The summed E-state index contributed by atoms with van der Waals surface area (Å²) in [5.74, 6) is 1.71. The zero-order valence-electron chi connectivity index (χ0n) is 14.5. The monoisotopic (exact) mass is 374 g/mol. The molecular weight excluding hydrogens is 356 g/mol. The van der Waals surface area contributed by atoms with Crippen molar-refractivity contribution in [1.29, 1.82) is 0 Å². The van der Waals surface area contributed by atoms with Crippen molar-refractivity contribution in [3.8, 4) is 17.4 Å². The number of carbonyl (C=O) groups is 1. The standard InChI is InChI=1S/C19H19ClN2O4/c1-24-16-6-3-13(9-17(16)25-2)4-8-19(23)22-11-15(12-22)26-18-7-5-14(20)10-21-18/h3-10,15H,11-12H2,1-2H3/b8-4+. The van der Waals surface area contributed by atoms with E-state index in [4.69, 9.17) is 25.8 Å². The summed E-state index contributed by atoms with van der Waals surface area (Å²) in [4.78, 5) is 18.0. The minimum Gasteiger partial charge on any atom is -0.493 e. The minimum absolute atomic E-state index is 0.0536. The first kappa shape index (κ1) is 18.1. The molecule has 2 aromatic rings. The number of likely N-dealkylation sites (tertiary alicyclic amines) is 1. The van der Waals surface area contributed by atoms with Gasteiger partial charge in [0.2, 0.25) is 11.8 Å². The van der Waals surface area contributed by atoms with Gasteiger partial charge in [-0.25, -0.2) is 4.98 Å². The molecule has 0 aliphatic carbocycles. The Morgan fingerprint density at radius 1 is 1.19 bits per heavy atom. The van der Waals surface area contributed by atoms with E-state index in [-0.39, 0.29) is 12.0 Å². The third kappa shape index (κ3) is 4.26. The zero-order chi connectivity index (χ0) is 18.5. The maximum absolute atomic E-state index is 12.2. The highest BCUT2D eigenvalue weighted by Gasteiger charge is 2.31. The molecule has 1 amide bonds. The summed E-state index contributed by atoms with van der Waals surface area (Å²) >= 11 is 5.79. The van der Waals surface area contributed by atoms with E-state index in [0.29, 0.717) is 35.5 Å². The second kappa shape index (κ2) is 8.10. The van der Waals surface area contributed by atoms with E-state index in [1.54, 1.807) is 43.4 Å². The quantitative estimate of drug-likeness (QED) is 0.727. The van der Waals surface area contributed by atoms with Crippen LogP contribution < -0.4 is 14.2 Å². The van der Waals surface area contributed by atoms with Crippen molar-refractivity contribution in [3.63, 3.8) is 0 Å². The van der Waals surface area contributed by atoms with Gasteiger partial charge in [-0.2, -0.15) is 0 Å². The number of rotatable bonds is 6. The van der Waals surface area contributed by atoms with Crippen molar-refractivity contribution in [2.75, 3.05) is 27.3 Å². The van der Waals surface area contributed by atoms with Crippen molar-refractivity contribution in [3.05, 3.63) is 53.2 Å². The molecule has 2 heterocycles. The fourth-order valence-corrected chi connectivity index (χ4v) is 2.64. The van der Waals surface area contributed by atoms with Gasteiger partial charge in [0.15, 0.2) is 11.5 Å². The van der Waals surface area contributed by atoms with Gasteiger partial charge in [-0.15, -0.1) is 0 Å². The zero-order valence-corrected chi connectivity index (χ0v) is 15.3. The Hall–Kier alpha value is -2.73. The predicted octanol–water partition coefficient (Wildman–Crippen LogP) is 3.06. The second-order valence-electron chi connectivity index (χ2n) is 5.75. The Balaban J connectivity index is 1.52. The number of aromatic nitrogens is 1. The van der Waals surface area contributed by atoms with Crippen LogP contribution in [-0.4, -0.2) is 49.2 Å².